The van der Waals surface area contributed by atoms with Crippen LogP contribution in [0.25, 0.3) is 0 Å². The van der Waals surface area contributed by atoms with Gasteiger partial charge in [-0.3, -0.25) is 4.79 Å². The van der Waals surface area contributed by atoms with E-state index in [1.165, 1.54) is 6.08 Å². The van der Waals surface area contributed by atoms with Crippen LogP contribution in [0.1, 0.15) is 60.8 Å². The van der Waals surface area contributed by atoms with Crippen LogP contribution < -0.4 is 0 Å². The van der Waals surface area contributed by atoms with Crippen LogP contribution in [0.4, 0.5) is 4.79 Å². The van der Waals surface area contributed by atoms with E-state index in [1.807, 2.05) is 27.7 Å². The van der Waals surface area contributed by atoms with Gasteiger partial charge in [-0.1, -0.05) is 13.5 Å². The lowest BCUT2D eigenvalue weighted by molar-refractivity contribution is -0.135. The van der Waals surface area contributed by atoms with Crippen molar-refractivity contribution >= 4 is 11.9 Å². The van der Waals surface area contributed by atoms with Crippen molar-refractivity contribution in [3.63, 3.8) is 0 Å². The molecule has 0 saturated carbocycles. The number of hydrogen-bond donors (Lipinski definition) is 0. The molecule has 5 nitrogen and oxygen atoms in total. The Hall–Kier alpha value is -1.36. The number of ether oxygens (including phenoxy) is 2. The molecule has 134 valence electrons. The zero-order valence-corrected chi connectivity index (χ0v) is 15.6. The first-order valence-corrected chi connectivity index (χ1v) is 8.44. The van der Waals surface area contributed by atoms with Crippen LogP contribution in [0.2, 0.25) is 0 Å². The summed E-state index contributed by atoms with van der Waals surface area (Å²) in [5, 5.41) is 0. The Kier molecular flexibility index (Phi) is 9.13. The van der Waals surface area contributed by atoms with Crippen molar-refractivity contribution in [2.24, 2.45) is 0 Å². The highest BCUT2D eigenvalue weighted by Crippen LogP contribution is 2.24. The van der Waals surface area contributed by atoms with Gasteiger partial charge >= 0.3 is 6.09 Å². The average molecular weight is 327 g/mol. The number of nitrogens with zero attached hydrogens (tertiary/aromatic N) is 1. The third-order valence-corrected chi connectivity index (χ3v) is 4.19. The molecule has 0 aliphatic carbocycles. The van der Waals surface area contributed by atoms with Crippen LogP contribution in [0.3, 0.4) is 0 Å². The maximum absolute atomic E-state index is 12.1. The Morgan fingerprint density at radius 3 is 2.13 bits per heavy atom. The summed E-state index contributed by atoms with van der Waals surface area (Å²) < 4.78 is 11.3. The summed E-state index contributed by atoms with van der Waals surface area (Å²) in [6, 6.07) is 0. The molecule has 0 saturated heterocycles. The minimum atomic E-state index is -0.859. The second kappa shape index (κ2) is 9.71. The molecule has 0 aromatic carbocycles. The van der Waals surface area contributed by atoms with Gasteiger partial charge in [-0.2, -0.15) is 0 Å². The molecule has 1 atom stereocenters. The zero-order chi connectivity index (χ0) is 18.1. The molecule has 5 heteroatoms. The van der Waals surface area contributed by atoms with E-state index >= 15 is 0 Å². The van der Waals surface area contributed by atoms with E-state index in [-0.39, 0.29) is 11.9 Å². The molecule has 0 heterocycles. The van der Waals surface area contributed by atoms with Gasteiger partial charge in [-0.15, -0.1) is 0 Å². The summed E-state index contributed by atoms with van der Waals surface area (Å²) in [6.45, 7) is 16.5. The van der Waals surface area contributed by atoms with Crippen molar-refractivity contribution < 1.29 is 19.1 Å². The van der Waals surface area contributed by atoms with Crippen molar-refractivity contribution in [2.45, 2.75) is 72.0 Å². The Labute approximate surface area is 141 Å². The van der Waals surface area contributed by atoms with Gasteiger partial charge in [-0.05, 0) is 60.0 Å². The lowest BCUT2D eigenvalue weighted by Gasteiger charge is -2.32. The molecule has 23 heavy (non-hydrogen) atoms. The first kappa shape index (κ1) is 21.6. The van der Waals surface area contributed by atoms with Crippen molar-refractivity contribution in [2.75, 3.05) is 19.7 Å². The Morgan fingerprint density at radius 1 is 1.13 bits per heavy atom. The molecule has 0 aromatic rings. The van der Waals surface area contributed by atoms with Gasteiger partial charge in [0, 0.05) is 19.7 Å². The number of amides is 1. The van der Waals surface area contributed by atoms with Crippen molar-refractivity contribution in [3.8, 4) is 0 Å². The summed E-state index contributed by atoms with van der Waals surface area (Å²) in [5.74, 6) is -0.135. The molecule has 1 unspecified atom stereocenters. The predicted molar refractivity (Wildman–Crippen MR) is 92.6 cm³/mol. The molecule has 0 fully saturated rings. The molecular weight excluding hydrogens is 294 g/mol. The summed E-state index contributed by atoms with van der Waals surface area (Å²) in [7, 11) is 0. The average Bonchev–Trinajstić information content (AvgIpc) is 2.51. The molecule has 0 bridgehead atoms. The van der Waals surface area contributed by atoms with Crippen LogP contribution >= 0.6 is 0 Å². The quantitative estimate of drug-likeness (QED) is 0.426. The number of carbonyl (C=O) groups is 2. The van der Waals surface area contributed by atoms with E-state index in [0.717, 1.165) is 6.42 Å². The normalized spacial score (nSPS) is 14.0. The van der Waals surface area contributed by atoms with Gasteiger partial charge in [0.1, 0.15) is 11.2 Å². The highest BCUT2D eigenvalue weighted by Gasteiger charge is 2.29. The smallest absolute Gasteiger partial charge is 0.410 e. The van der Waals surface area contributed by atoms with Crippen molar-refractivity contribution in [1.29, 1.82) is 0 Å². The van der Waals surface area contributed by atoms with E-state index in [1.54, 1.807) is 18.7 Å². The highest BCUT2D eigenvalue weighted by molar-refractivity contribution is 5.95. The monoisotopic (exact) mass is 327 g/mol. The van der Waals surface area contributed by atoms with Crippen LogP contribution in [0.15, 0.2) is 12.7 Å². The van der Waals surface area contributed by atoms with Gasteiger partial charge in [0.15, 0.2) is 5.78 Å². The number of rotatable bonds is 11. The summed E-state index contributed by atoms with van der Waals surface area (Å²) in [5.41, 5.74) is -1.38. The first-order valence-electron chi connectivity index (χ1n) is 8.44. The molecule has 0 radical (unpaired) electrons. The van der Waals surface area contributed by atoms with Gasteiger partial charge in [0.25, 0.3) is 0 Å². The second-order valence-electron chi connectivity index (χ2n) is 6.37. The molecule has 0 rings (SSSR count). The summed E-state index contributed by atoms with van der Waals surface area (Å²) in [4.78, 5) is 25.4. The van der Waals surface area contributed by atoms with Crippen LogP contribution in [0.5, 0.6) is 0 Å². The van der Waals surface area contributed by atoms with E-state index in [0.29, 0.717) is 32.5 Å². The van der Waals surface area contributed by atoms with E-state index < -0.39 is 11.2 Å². The SMILES string of the molecule is C=CC(=O)C(C)(C)OCCCC(C)(CC)OC(=O)N(CC)CC. The standard InChI is InChI=1S/C18H33NO4/c1-8-15(20)17(5,6)22-14-12-13-18(7,9-2)23-16(21)19(10-3)11-4/h8H,1,9-14H2,2-7H3. The van der Waals surface area contributed by atoms with Gasteiger partial charge < -0.3 is 14.4 Å². The number of ketones is 1. The molecule has 0 N–H and O–H groups in total. The van der Waals surface area contributed by atoms with Gasteiger partial charge in [0.2, 0.25) is 0 Å². The fraction of sp³-hybridized carbons (Fsp3) is 0.778. The number of hydrogen-bond acceptors (Lipinski definition) is 4. The second-order valence-corrected chi connectivity index (χ2v) is 6.37. The Bertz CT molecular complexity index is 402. The lowest BCUT2D eigenvalue weighted by Crippen LogP contribution is -2.39. The fourth-order valence-electron chi connectivity index (χ4n) is 2.15. The van der Waals surface area contributed by atoms with Gasteiger partial charge in [0.05, 0.1) is 0 Å². The van der Waals surface area contributed by atoms with Crippen LogP contribution in [0, 0.1) is 0 Å². The molecule has 0 aliphatic heterocycles. The highest BCUT2D eigenvalue weighted by atomic mass is 16.6. The topological polar surface area (TPSA) is 55.8 Å². The number of carbonyl (C=O) groups excluding carboxylic acids is 2. The van der Waals surface area contributed by atoms with Crippen molar-refractivity contribution in [1.82, 2.24) is 4.90 Å². The largest absolute Gasteiger partial charge is 0.443 e. The zero-order valence-electron chi connectivity index (χ0n) is 15.6. The molecular formula is C18H33NO4. The minimum Gasteiger partial charge on any atom is -0.443 e. The molecule has 0 aliphatic rings. The van der Waals surface area contributed by atoms with E-state index in [2.05, 4.69) is 6.58 Å². The van der Waals surface area contributed by atoms with E-state index in [9.17, 15) is 9.59 Å². The van der Waals surface area contributed by atoms with Crippen LogP contribution in [-0.4, -0.2) is 47.7 Å². The maximum Gasteiger partial charge on any atom is 0.410 e. The minimum absolute atomic E-state index is 0.135. The Balaban J connectivity index is 4.45. The third-order valence-electron chi connectivity index (χ3n) is 4.19. The third kappa shape index (κ3) is 7.16. The molecule has 0 spiro atoms. The first-order chi connectivity index (χ1) is 10.7. The lowest BCUT2D eigenvalue weighted by atomic mass is 9.97. The van der Waals surface area contributed by atoms with Crippen molar-refractivity contribution in [3.05, 3.63) is 12.7 Å². The molecule has 0 aromatic heterocycles. The molecule has 1 amide bonds. The Morgan fingerprint density at radius 2 is 1.70 bits per heavy atom. The van der Waals surface area contributed by atoms with E-state index in [4.69, 9.17) is 9.47 Å². The fourth-order valence-corrected chi connectivity index (χ4v) is 2.15. The summed E-state index contributed by atoms with van der Waals surface area (Å²) >= 11 is 0. The van der Waals surface area contributed by atoms with Crippen LogP contribution in [-0.2, 0) is 14.3 Å². The maximum atomic E-state index is 12.1. The van der Waals surface area contributed by atoms with Gasteiger partial charge in [-0.25, -0.2) is 4.79 Å². The summed E-state index contributed by atoms with van der Waals surface area (Å²) in [6.07, 6.45) is 3.14. The predicted octanol–water partition coefficient (Wildman–Crippen LogP) is 3.96.